The van der Waals surface area contributed by atoms with Gasteiger partial charge in [0.25, 0.3) is 5.91 Å². The highest BCUT2D eigenvalue weighted by molar-refractivity contribution is 7.13. The van der Waals surface area contributed by atoms with Crippen molar-refractivity contribution in [2.24, 2.45) is 0 Å². The second-order valence-corrected chi connectivity index (χ2v) is 7.71. The summed E-state index contributed by atoms with van der Waals surface area (Å²) in [6, 6.07) is 13.4. The molecule has 28 heavy (non-hydrogen) atoms. The van der Waals surface area contributed by atoms with Gasteiger partial charge in [-0.15, -0.1) is 11.3 Å². The Hall–Kier alpha value is -3.06. The number of carbonyl (C=O) groups excluding carboxylic acids is 2. The highest BCUT2D eigenvalue weighted by Gasteiger charge is 2.23. The Bertz CT molecular complexity index is 947. The maximum atomic E-state index is 12.6. The van der Waals surface area contributed by atoms with Gasteiger partial charge in [0, 0.05) is 37.0 Å². The summed E-state index contributed by atoms with van der Waals surface area (Å²) in [5.41, 5.74) is 2.60. The van der Waals surface area contributed by atoms with Crippen LogP contribution in [0.25, 0.3) is 0 Å². The van der Waals surface area contributed by atoms with Crippen LogP contribution in [0.1, 0.15) is 25.9 Å². The van der Waals surface area contributed by atoms with Gasteiger partial charge < -0.3 is 10.2 Å². The normalized spacial score (nSPS) is 13.5. The second kappa shape index (κ2) is 8.31. The van der Waals surface area contributed by atoms with E-state index in [0.29, 0.717) is 36.6 Å². The zero-order valence-corrected chi connectivity index (χ0v) is 16.1. The summed E-state index contributed by atoms with van der Waals surface area (Å²) in [4.78, 5) is 36.6. The number of anilines is 1. The van der Waals surface area contributed by atoms with Crippen molar-refractivity contribution >= 4 is 28.8 Å². The third-order valence-corrected chi connectivity index (χ3v) is 5.83. The van der Waals surface area contributed by atoms with Crippen LogP contribution in [0.5, 0.6) is 0 Å². The zero-order chi connectivity index (χ0) is 19.3. The lowest BCUT2D eigenvalue weighted by atomic mass is 10.1. The van der Waals surface area contributed by atoms with E-state index in [1.54, 1.807) is 24.5 Å². The number of aromatic nitrogens is 2. The first-order valence-corrected chi connectivity index (χ1v) is 10.0. The van der Waals surface area contributed by atoms with E-state index in [2.05, 4.69) is 15.3 Å². The number of pyridine rings is 1. The zero-order valence-electron chi connectivity index (χ0n) is 15.3. The third-order valence-electron chi connectivity index (χ3n) is 4.67. The molecular weight excluding hydrogens is 372 g/mol. The van der Waals surface area contributed by atoms with Crippen LogP contribution in [0.3, 0.4) is 0 Å². The molecule has 6 nitrogen and oxygen atoms in total. The summed E-state index contributed by atoms with van der Waals surface area (Å²) in [5.74, 6) is -0.0843. The van der Waals surface area contributed by atoms with Gasteiger partial charge in [0.1, 0.15) is 0 Å². The van der Waals surface area contributed by atoms with Crippen LogP contribution in [0.15, 0.2) is 54.9 Å². The van der Waals surface area contributed by atoms with Crippen molar-refractivity contribution in [3.8, 4) is 0 Å². The third kappa shape index (κ3) is 4.26. The maximum Gasteiger partial charge on any atom is 0.284 e. The minimum Gasteiger partial charge on any atom is -0.342 e. The average Bonchev–Trinajstić information content (AvgIpc) is 3.02. The predicted octanol–water partition coefficient (Wildman–Crippen LogP) is 2.96. The van der Waals surface area contributed by atoms with E-state index < -0.39 is 0 Å². The number of thiazole rings is 1. The number of amides is 2. The lowest BCUT2D eigenvalue weighted by Gasteiger charge is -2.20. The van der Waals surface area contributed by atoms with Crippen molar-refractivity contribution in [3.05, 3.63) is 76.0 Å². The van der Waals surface area contributed by atoms with E-state index in [4.69, 9.17) is 0 Å². The average molecular weight is 392 g/mol. The number of hydrogen-bond acceptors (Lipinski definition) is 5. The minimum absolute atomic E-state index is 0.135. The first-order valence-electron chi connectivity index (χ1n) is 9.21. The van der Waals surface area contributed by atoms with Gasteiger partial charge in [-0.25, -0.2) is 4.98 Å². The van der Waals surface area contributed by atoms with Crippen LogP contribution >= 0.6 is 11.3 Å². The maximum absolute atomic E-state index is 12.6. The van der Waals surface area contributed by atoms with Crippen molar-refractivity contribution < 1.29 is 9.59 Å². The molecule has 0 atom stereocenters. The molecule has 2 amide bonds. The smallest absolute Gasteiger partial charge is 0.284 e. The molecule has 0 unspecified atom stereocenters. The Kier molecular flexibility index (Phi) is 5.43. The largest absolute Gasteiger partial charge is 0.342 e. The number of carbonyl (C=O) groups is 2. The summed E-state index contributed by atoms with van der Waals surface area (Å²) in [6.45, 7) is 1.29. The summed E-state index contributed by atoms with van der Waals surface area (Å²) >= 11 is 1.41. The standard InChI is InChI=1S/C21H20N4O2S/c26-19(13-15-5-2-1-3-6-15)25-11-8-17-18(9-12-25)28-21(24-17)20(27)23-16-7-4-10-22-14-16/h1-7,10,14H,8-9,11-13H2,(H,23,27). The summed E-state index contributed by atoms with van der Waals surface area (Å²) in [5, 5.41) is 3.28. The molecule has 0 fully saturated rings. The van der Waals surface area contributed by atoms with Crippen molar-refractivity contribution in [3.63, 3.8) is 0 Å². The lowest BCUT2D eigenvalue weighted by Crippen LogP contribution is -2.34. The van der Waals surface area contributed by atoms with Gasteiger partial charge in [0.2, 0.25) is 5.91 Å². The van der Waals surface area contributed by atoms with Gasteiger partial charge in [0.05, 0.1) is 24.0 Å². The number of nitrogens with zero attached hydrogens (tertiary/aromatic N) is 3. The van der Waals surface area contributed by atoms with Crippen LogP contribution in [-0.2, 0) is 24.1 Å². The molecule has 3 aromatic rings. The number of benzene rings is 1. The van der Waals surface area contributed by atoms with Crippen molar-refractivity contribution in [2.75, 3.05) is 18.4 Å². The van der Waals surface area contributed by atoms with Gasteiger partial charge in [-0.2, -0.15) is 0 Å². The van der Waals surface area contributed by atoms with Gasteiger partial charge in [0.15, 0.2) is 5.01 Å². The van der Waals surface area contributed by atoms with E-state index in [1.807, 2.05) is 35.2 Å². The summed E-state index contributed by atoms with van der Waals surface area (Å²) in [6.07, 6.45) is 5.08. The number of nitrogens with one attached hydrogen (secondary N) is 1. The predicted molar refractivity (Wildman–Crippen MR) is 108 cm³/mol. The molecule has 0 bridgehead atoms. The number of fused-ring (bicyclic) bond motifs is 1. The van der Waals surface area contributed by atoms with E-state index in [9.17, 15) is 9.59 Å². The van der Waals surface area contributed by atoms with Crippen molar-refractivity contribution in [1.29, 1.82) is 0 Å². The SMILES string of the molecule is O=C(Nc1cccnc1)c1nc2c(s1)CCN(C(=O)Cc1ccccc1)CC2. The van der Waals surface area contributed by atoms with Crippen LogP contribution in [0.4, 0.5) is 5.69 Å². The molecule has 0 radical (unpaired) electrons. The topological polar surface area (TPSA) is 75.2 Å². The molecule has 0 spiro atoms. The Morgan fingerprint density at radius 1 is 1.07 bits per heavy atom. The monoisotopic (exact) mass is 392 g/mol. The lowest BCUT2D eigenvalue weighted by molar-refractivity contribution is -0.130. The molecule has 1 aromatic carbocycles. The van der Waals surface area contributed by atoms with Gasteiger partial charge >= 0.3 is 0 Å². The van der Waals surface area contributed by atoms with Gasteiger partial charge in [-0.05, 0) is 17.7 Å². The molecule has 1 aliphatic rings. The quantitative estimate of drug-likeness (QED) is 0.741. The van der Waals surface area contributed by atoms with E-state index in [1.165, 1.54) is 11.3 Å². The number of hydrogen-bond donors (Lipinski definition) is 1. The van der Waals surface area contributed by atoms with Crippen molar-refractivity contribution in [1.82, 2.24) is 14.9 Å². The van der Waals surface area contributed by atoms with Gasteiger partial charge in [-0.1, -0.05) is 30.3 Å². The Morgan fingerprint density at radius 2 is 1.89 bits per heavy atom. The van der Waals surface area contributed by atoms with Crippen LogP contribution in [0.2, 0.25) is 0 Å². The molecule has 142 valence electrons. The molecule has 7 heteroatoms. The molecule has 0 saturated heterocycles. The molecule has 0 aliphatic carbocycles. The number of rotatable bonds is 4. The Balaban J connectivity index is 1.38. The first-order chi connectivity index (χ1) is 13.7. The van der Waals surface area contributed by atoms with Crippen LogP contribution in [0, 0.1) is 0 Å². The Morgan fingerprint density at radius 3 is 2.68 bits per heavy atom. The fourth-order valence-electron chi connectivity index (χ4n) is 3.21. The minimum atomic E-state index is -0.219. The molecule has 2 aromatic heterocycles. The molecule has 0 saturated carbocycles. The summed E-state index contributed by atoms with van der Waals surface area (Å²) < 4.78 is 0. The highest BCUT2D eigenvalue weighted by Crippen LogP contribution is 2.24. The second-order valence-electron chi connectivity index (χ2n) is 6.63. The fourth-order valence-corrected chi connectivity index (χ4v) is 4.21. The van der Waals surface area contributed by atoms with E-state index in [-0.39, 0.29) is 11.8 Å². The molecule has 1 aliphatic heterocycles. The molecule has 3 heterocycles. The van der Waals surface area contributed by atoms with Crippen LogP contribution < -0.4 is 5.32 Å². The molecule has 1 N–H and O–H groups in total. The van der Waals surface area contributed by atoms with Crippen LogP contribution in [-0.4, -0.2) is 39.8 Å². The highest BCUT2D eigenvalue weighted by atomic mass is 32.1. The summed E-state index contributed by atoms with van der Waals surface area (Å²) in [7, 11) is 0. The first kappa shape index (κ1) is 18.3. The van der Waals surface area contributed by atoms with Crippen molar-refractivity contribution in [2.45, 2.75) is 19.3 Å². The Labute approximate surface area is 167 Å². The molecular formula is C21H20N4O2S. The van der Waals surface area contributed by atoms with E-state index >= 15 is 0 Å². The van der Waals surface area contributed by atoms with Gasteiger partial charge in [-0.3, -0.25) is 14.6 Å². The fraction of sp³-hybridized carbons (Fsp3) is 0.238. The van der Waals surface area contributed by atoms with E-state index in [0.717, 1.165) is 22.6 Å². The molecule has 4 rings (SSSR count).